The number of ether oxygens (including phenoxy) is 3. The molecule has 1 heterocycles. The fourth-order valence-corrected chi connectivity index (χ4v) is 2.93. The van der Waals surface area contributed by atoms with Crippen molar-refractivity contribution in [3.8, 4) is 0 Å². The Hall–Kier alpha value is -2.01. The van der Waals surface area contributed by atoms with E-state index >= 15 is 0 Å². The van der Waals surface area contributed by atoms with Crippen molar-refractivity contribution in [3.63, 3.8) is 0 Å². The zero-order valence-electron chi connectivity index (χ0n) is 13.5. The van der Waals surface area contributed by atoms with Gasteiger partial charge in [-0.3, -0.25) is 8.98 Å². The molecule has 1 aromatic carbocycles. The lowest BCUT2D eigenvalue weighted by atomic mass is 10.1. The van der Waals surface area contributed by atoms with Gasteiger partial charge in [-0.05, 0) is 12.1 Å². The Morgan fingerprint density at radius 3 is 2.40 bits per heavy atom. The molecule has 1 saturated heterocycles. The van der Waals surface area contributed by atoms with Gasteiger partial charge < -0.3 is 19.3 Å². The van der Waals surface area contributed by atoms with Gasteiger partial charge >= 0.3 is 11.9 Å². The molecule has 10 heteroatoms. The lowest BCUT2D eigenvalue weighted by molar-refractivity contribution is -0.170. The van der Waals surface area contributed by atoms with Gasteiger partial charge in [-0.2, -0.15) is 8.42 Å². The highest BCUT2D eigenvalue weighted by molar-refractivity contribution is 7.86. The number of hydrogen-bond acceptors (Lipinski definition) is 9. The summed E-state index contributed by atoms with van der Waals surface area (Å²) in [5.41, 5.74) is 0.290. The maximum absolute atomic E-state index is 11.9. The van der Waals surface area contributed by atoms with Crippen LogP contribution in [0.2, 0.25) is 0 Å². The monoisotopic (exact) mass is 374 g/mol. The van der Waals surface area contributed by atoms with Crippen molar-refractivity contribution in [1.82, 2.24) is 0 Å². The quantitative estimate of drug-likeness (QED) is 0.534. The van der Waals surface area contributed by atoms with E-state index in [1.807, 2.05) is 0 Å². The molecule has 138 valence electrons. The minimum absolute atomic E-state index is 0.290. The molecule has 0 amide bonds. The molecule has 2 rings (SSSR count). The van der Waals surface area contributed by atoms with Crippen LogP contribution in [-0.2, 0) is 33.3 Å². The average molecular weight is 374 g/mol. The Morgan fingerprint density at radius 1 is 1.20 bits per heavy atom. The molecule has 0 aromatic heterocycles. The number of carbonyl (C=O) groups excluding carboxylic acids is 2. The van der Waals surface area contributed by atoms with E-state index in [1.165, 1.54) is 0 Å². The van der Waals surface area contributed by atoms with Crippen molar-refractivity contribution < 1.29 is 41.5 Å². The van der Waals surface area contributed by atoms with Gasteiger partial charge in [-0.25, -0.2) is 4.79 Å². The van der Waals surface area contributed by atoms with Crippen molar-refractivity contribution in [1.29, 1.82) is 0 Å². The second kappa shape index (κ2) is 7.91. The van der Waals surface area contributed by atoms with Gasteiger partial charge in [0.1, 0.15) is 18.8 Å². The molecule has 0 spiro atoms. The summed E-state index contributed by atoms with van der Waals surface area (Å²) in [6.07, 6.45) is -4.67. The molecule has 1 aliphatic heterocycles. The van der Waals surface area contributed by atoms with E-state index in [9.17, 15) is 23.1 Å². The topological polar surface area (TPSA) is 125 Å². The minimum Gasteiger partial charge on any atom is -0.459 e. The summed E-state index contributed by atoms with van der Waals surface area (Å²) in [5.74, 6) is -1.41. The third kappa shape index (κ3) is 5.49. The lowest BCUT2D eigenvalue weighted by Crippen LogP contribution is -2.41. The Bertz CT molecular complexity index is 716. The maximum Gasteiger partial charge on any atom is 0.338 e. The van der Waals surface area contributed by atoms with Crippen LogP contribution in [0.3, 0.4) is 0 Å². The van der Waals surface area contributed by atoms with Crippen molar-refractivity contribution in [2.45, 2.75) is 31.5 Å². The Labute approximate surface area is 144 Å². The molecule has 1 aliphatic rings. The number of aliphatic hydroxyl groups is 1. The first-order valence-corrected chi connectivity index (χ1v) is 9.10. The first-order chi connectivity index (χ1) is 11.7. The van der Waals surface area contributed by atoms with E-state index in [-0.39, 0.29) is 5.56 Å². The van der Waals surface area contributed by atoms with Crippen LogP contribution >= 0.6 is 0 Å². The summed E-state index contributed by atoms with van der Waals surface area (Å²) >= 11 is 0. The number of rotatable bonds is 6. The number of carbonyl (C=O) groups is 2. The summed E-state index contributed by atoms with van der Waals surface area (Å²) in [7, 11) is -3.95. The number of hydrogen-bond donors (Lipinski definition) is 1. The molecule has 1 fully saturated rings. The van der Waals surface area contributed by atoms with Gasteiger partial charge in [-0.15, -0.1) is 0 Å². The Balaban J connectivity index is 2.08. The van der Waals surface area contributed by atoms with E-state index in [0.29, 0.717) is 0 Å². The van der Waals surface area contributed by atoms with Crippen LogP contribution in [0.1, 0.15) is 17.3 Å². The molecule has 0 aliphatic carbocycles. The highest BCUT2D eigenvalue weighted by Gasteiger charge is 2.49. The van der Waals surface area contributed by atoms with Gasteiger partial charge in [-0.1, -0.05) is 18.2 Å². The molecule has 9 nitrogen and oxygen atoms in total. The van der Waals surface area contributed by atoms with E-state index in [4.69, 9.17) is 18.4 Å². The lowest BCUT2D eigenvalue weighted by Gasteiger charge is -2.21. The highest BCUT2D eigenvalue weighted by Crippen LogP contribution is 2.27. The fraction of sp³-hybridized carbons (Fsp3) is 0.467. The Kier molecular flexibility index (Phi) is 6.11. The SMILES string of the molecule is CC(=O)O[C@H]1C(O)O[C@H](COC(=O)c2ccccc2)[C@@H]1OS(C)(=O)=O. The fourth-order valence-electron chi connectivity index (χ4n) is 2.29. The number of aliphatic hydroxyl groups excluding tert-OH is 1. The molecule has 25 heavy (non-hydrogen) atoms. The van der Waals surface area contributed by atoms with Gasteiger partial charge in [0, 0.05) is 6.92 Å². The molecule has 1 N–H and O–H groups in total. The van der Waals surface area contributed by atoms with E-state index in [0.717, 1.165) is 13.2 Å². The van der Waals surface area contributed by atoms with Crippen LogP contribution in [0.5, 0.6) is 0 Å². The number of esters is 2. The van der Waals surface area contributed by atoms with Crippen molar-refractivity contribution in [3.05, 3.63) is 35.9 Å². The summed E-state index contributed by atoms with van der Waals surface area (Å²) in [6, 6.07) is 8.11. The van der Waals surface area contributed by atoms with Gasteiger partial charge in [0.15, 0.2) is 12.4 Å². The first-order valence-electron chi connectivity index (χ1n) is 7.28. The molecule has 0 bridgehead atoms. The summed E-state index contributed by atoms with van der Waals surface area (Å²) in [5, 5.41) is 9.84. The smallest absolute Gasteiger partial charge is 0.338 e. The predicted molar refractivity (Wildman–Crippen MR) is 82.9 cm³/mol. The largest absolute Gasteiger partial charge is 0.459 e. The van der Waals surface area contributed by atoms with E-state index in [1.54, 1.807) is 30.3 Å². The van der Waals surface area contributed by atoms with Crippen LogP contribution < -0.4 is 0 Å². The van der Waals surface area contributed by atoms with Gasteiger partial charge in [0.25, 0.3) is 10.1 Å². The average Bonchev–Trinajstić information content (AvgIpc) is 2.80. The van der Waals surface area contributed by atoms with Crippen LogP contribution in [0.4, 0.5) is 0 Å². The second-order valence-corrected chi connectivity index (χ2v) is 6.97. The summed E-state index contributed by atoms with van der Waals surface area (Å²) < 4.78 is 42.8. The van der Waals surface area contributed by atoms with Crippen molar-refractivity contribution in [2.75, 3.05) is 12.9 Å². The van der Waals surface area contributed by atoms with Crippen LogP contribution in [0.15, 0.2) is 30.3 Å². The molecule has 1 aromatic rings. The van der Waals surface area contributed by atoms with Crippen LogP contribution in [0.25, 0.3) is 0 Å². The van der Waals surface area contributed by atoms with E-state index < -0.39 is 53.3 Å². The third-order valence-electron chi connectivity index (χ3n) is 3.26. The second-order valence-electron chi connectivity index (χ2n) is 5.37. The van der Waals surface area contributed by atoms with Crippen molar-refractivity contribution in [2.24, 2.45) is 0 Å². The first kappa shape index (κ1) is 19.3. The van der Waals surface area contributed by atoms with Crippen molar-refractivity contribution >= 4 is 22.1 Å². The molecule has 0 saturated carbocycles. The minimum atomic E-state index is -3.95. The maximum atomic E-state index is 11.9. The summed E-state index contributed by atoms with van der Waals surface area (Å²) in [6.45, 7) is 0.690. The zero-order valence-corrected chi connectivity index (χ0v) is 14.3. The van der Waals surface area contributed by atoms with Gasteiger partial charge in [0.2, 0.25) is 0 Å². The Morgan fingerprint density at radius 2 is 1.84 bits per heavy atom. The van der Waals surface area contributed by atoms with Crippen LogP contribution in [-0.4, -0.2) is 62.9 Å². The molecule has 1 unspecified atom stereocenters. The van der Waals surface area contributed by atoms with Gasteiger partial charge in [0.05, 0.1) is 11.8 Å². The normalized spacial score (nSPS) is 26.2. The predicted octanol–water partition coefficient (Wildman–Crippen LogP) is -0.163. The molecule has 4 atom stereocenters. The molecule has 0 radical (unpaired) electrons. The van der Waals surface area contributed by atoms with E-state index in [2.05, 4.69) is 0 Å². The molecular weight excluding hydrogens is 356 g/mol. The summed E-state index contributed by atoms with van der Waals surface area (Å²) in [4.78, 5) is 23.1. The zero-order chi connectivity index (χ0) is 18.6. The highest BCUT2D eigenvalue weighted by atomic mass is 32.2. The molecular formula is C15H18O9S. The third-order valence-corrected chi connectivity index (χ3v) is 3.83. The standard InChI is InChI=1S/C15H18O9S/c1-9(16)22-13-12(24-25(2,19)20)11(23-15(13)18)8-21-14(17)10-6-4-3-5-7-10/h3-7,11-13,15,18H,8H2,1-2H3/t11-,12+,13-,15?/m1/s1. The van der Waals surface area contributed by atoms with Crippen LogP contribution in [0, 0.1) is 0 Å². The number of benzene rings is 1.